The minimum atomic E-state index is -0.0523. The molecule has 17 heavy (non-hydrogen) atoms. The third kappa shape index (κ3) is 2.51. The smallest absolute Gasteiger partial charge is 0.0847 e. The Balaban J connectivity index is 2.22. The van der Waals surface area contributed by atoms with Gasteiger partial charge in [-0.3, -0.25) is 4.68 Å². The van der Waals surface area contributed by atoms with Gasteiger partial charge in [-0.25, -0.2) is 0 Å². The SMILES string of the molecule is Cc1nn(C)c(CC(N)c2ccccc2)c1Cl. The summed E-state index contributed by atoms with van der Waals surface area (Å²) in [4.78, 5) is 0. The van der Waals surface area contributed by atoms with Crippen LogP contribution in [0.25, 0.3) is 0 Å². The van der Waals surface area contributed by atoms with Crippen LogP contribution in [0.2, 0.25) is 5.02 Å². The number of halogens is 1. The van der Waals surface area contributed by atoms with Crippen LogP contribution in [-0.4, -0.2) is 9.78 Å². The van der Waals surface area contributed by atoms with E-state index in [2.05, 4.69) is 5.10 Å². The average Bonchev–Trinajstić information content (AvgIpc) is 2.57. The minimum absolute atomic E-state index is 0.0523. The van der Waals surface area contributed by atoms with Gasteiger partial charge in [0.25, 0.3) is 0 Å². The molecule has 1 atom stereocenters. The van der Waals surface area contributed by atoms with Crippen molar-refractivity contribution in [1.82, 2.24) is 9.78 Å². The lowest BCUT2D eigenvalue weighted by molar-refractivity contribution is 0.640. The van der Waals surface area contributed by atoms with Gasteiger partial charge in [0, 0.05) is 19.5 Å². The van der Waals surface area contributed by atoms with Gasteiger partial charge >= 0.3 is 0 Å². The van der Waals surface area contributed by atoms with Crippen molar-refractivity contribution in [1.29, 1.82) is 0 Å². The van der Waals surface area contributed by atoms with Crippen LogP contribution in [-0.2, 0) is 13.5 Å². The van der Waals surface area contributed by atoms with Gasteiger partial charge in [-0.15, -0.1) is 0 Å². The first-order chi connectivity index (χ1) is 8.09. The topological polar surface area (TPSA) is 43.8 Å². The van der Waals surface area contributed by atoms with E-state index in [0.717, 1.165) is 22.0 Å². The zero-order chi connectivity index (χ0) is 12.4. The zero-order valence-corrected chi connectivity index (χ0v) is 10.8. The third-order valence-corrected chi connectivity index (χ3v) is 3.39. The van der Waals surface area contributed by atoms with Crippen molar-refractivity contribution in [3.8, 4) is 0 Å². The summed E-state index contributed by atoms with van der Waals surface area (Å²) >= 11 is 6.21. The number of aryl methyl sites for hydroxylation is 2. The highest BCUT2D eigenvalue weighted by atomic mass is 35.5. The number of rotatable bonds is 3. The lowest BCUT2D eigenvalue weighted by Gasteiger charge is -2.12. The molecule has 0 amide bonds. The van der Waals surface area contributed by atoms with E-state index in [4.69, 9.17) is 17.3 Å². The van der Waals surface area contributed by atoms with E-state index in [0.29, 0.717) is 6.42 Å². The number of nitrogens with zero attached hydrogens (tertiary/aromatic N) is 2. The lowest BCUT2D eigenvalue weighted by atomic mass is 10.0. The van der Waals surface area contributed by atoms with Crippen LogP contribution in [0.4, 0.5) is 0 Å². The second kappa shape index (κ2) is 4.90. The molecule has 1 unspecified atom stereocenters. The summed E-state index contributed by atoms with van der Waals surface area (Å²) in [6.07, 6.45) is 0.695. The normalized spacial score (nSPS) is 12.7. The number of benzene rings is 1. The molecule has 0 aliphatic heterocycles. The molecule has 0 radical (unpaired) electrons. The van der Waals surface area contributed by atoms with Crippen LogP contribution in [0.1, 0.15) is 23.0 Å². The van der Waals surface area contributed by atoms with E-state index < -0.39 is 0 Å². The quantitative estimate of drug-likeness (QED) is 0.909. The molecule has 0 spiro atoms. The summed E-state index contributed by atoms with van der Waals surface area (Å²) < 4.78 is 1.81. The molecule has 0 fully saturated rings. The van der Waals surface area contributed by atoms with Gasteiger partial charge in [0.1, 0.15) is 0 Å². The van der Waals surface area contributed by atoms with Gasteiger partial charge < -0.3 is 5.73 Å². The van der Waals surface area contributed by atoms with Crippen molar-refractivity contribution in [2.24, 2.45) is 12.8 Å². The van der Waals surface area contributed by atoms with Crippen LogP contribution >= 0.6 is 11.6 Å². The monoisotopic (exact) mass is 249 g/mol. The van der Waals surface area contributed by atoms with Crippen LogP contribution in [0, 0.1) is 6.92 Å². The van der Waals surface area contributed by atoms with Crippen molar-refractivity contribution < 1.29 is 0 Å². The molecule has 0 saturated carbocycles. The summed E-state index contributed by atoms with van der Waals surface area (Å²) in [6.45, 7) is 1.90. The first-order valence-corrected chi connectivity index (χ1v) is 5.96. The lowest BCUT2D eigenvalue weighted by Crippen LogP contribution is -2.15. The van der Waals surface area contributed by atoms with Crippen LogP contribution < -0.4 is 5.73 Å². The van der Waals surface area contributed by atoms with E-state index in [9.17, 15) is 0 Å². The largest absolute Gasteiger partial charge is 0.324 e. The number of hydrogen-bond donors (Lipinski definition) is 1. The summed E-state index contributed by atoms with van der Waals surface area (Å²) in [5.41, 5.74) is 9.13. The van der Waals surface area contributed by atoms with Gasteiger partial charge in [0.15, 0.2) is 0 Å². The molecule has 4 heteroatoms. The summed E-state index contributed by atoms with van der Waals surface area (Å²) in [7, 11) is 1.89. The summed E-state index contributed by atoms with van der Waals surface area (Å²) in [5.74, 6) is 0. The highest BCUT2D eigenvalue weighted by Gasteiger charge is 2.15. The molecular weight excluding hydrogens is 234 g/mol. The zero-order valence-electron chi connectivity index (χ0n) is 10.0. The predicted molar refractivity (Wildman–Crippen MR) is 70.0 cm³/mol. The molecule has 3 nitrogen and oxygen atoms in total. The van der Waals surface area contributed by atoms with E-state index >= 15 is 0 Å². The molecule has 2 rings (SSSR count). The Kier molecular flexibility index (Phi) is 3.50. The fourth-order valence-corrected chi connectivity index (χ4v) is 2.17. The number of nitrogens with two attached hydrogens (primary N) is 1. The molecule has 0 saturated heterocycles. The first kappa shape index (κ1) is 12.1. The molecule has 0 aliphatic carbocycles. The van der Waals surface area contributed by atoms with Crippen molar-refractivity contribution in [3.63, 3.8) is 0 Å². The molecule has 1 aromatic carbocycles. The fraction of sp³-hybridized carbons (Fsp3) is 0.308. The molecule has 0 aliphatic rings. The van der Waals surface area contributed by atoms with E-state index in [1.165, 1.54) is 0 Å². The Labute approximate surface area is 106 Å². The molecule has 2 N–H and O–H groups in total. The van der Waals surface area contributed by atoms with Crippen molar-refractivity contribution in [2.75, 3.05) is 0 Å². The van der Waals surface area contributed by atoms with Gasteiger partial charge in [0.2, 0.25) is 0 Å². The second-order valence-electron chi connectivity index (χ2n) is 4.19. The molecule has 1 aromatic heterocycles. The number of aromatic nitrogens is 2. The Bertz CT molecular complexity index is 505. The Hall–Kier alpha value is -1.32. The van der Waals surface area contributed by atoms with Gasteiger partial charge in [-0.1, -0.05) is 41.9 Å². The fourth-order valence-electron chi connectivity index (χ4n) is 1.93. The van der Waals surface area contributed by atoms with Crippen LogP contribution in [0.5, 0.6) is 0 Å². The Morgan fingerprint density at radius 1 is 1.35 bits per heavy atom. The summed E-state index contributed by atoms with van der Waals surface area (Å²) in [6, 6.07) is 9.97. The summed E-state index contributed by atoms with van der Waals surface area (Å²) in [5, 5.41) is 5.01. The van der Waals surface area contributed by atoms with Gasteiger partial charge in [0.05, 0.1) is 16.4 Å². The standard InChI is InChI=1S/C13H16ClN3/c1-9-13(14)12(17(2)16-9)8-11(15)10-6-4-3-5-7-10/h3-7,11H,8,15H2,1-2H3. The maximum Gasteiger partial charge on any atom is 0.0847 e. The highest BCUT2D eigenvalue weighted by Crippen LogP contribution is 2.24. The molecule has 0 bridgehead atoms. The number of hydrogen-bond acceptors (Lipinski definition) is 2. The van der Waals surface area contributed by atoms with E-state index in [1.807, 2.05) is 44.3 Å². The van der Waals surface area contributed by atoms with E-state index in [1.54, 1.807) is 4.68 Å². The highest BCUT2D eigenvalue weighted by molar-refractivity contribution is 6.31. The molecule has 1 heterocycles. The average molecular weight is 250 g/mol. The Morgan fingerprint density at radius 3 is 2.53 bits per heavy atom. The third-order valence-electron chi connectivity index (χ3n) is 2.90. The Morgan fingerprint density at radius 2 is 2.00 bits per heavy atom. The van der Waals surface area contributed by atoms with Crippen LogP contribution in [0.3, 0.4) is 0 Å². The minimum Gasteiger partial charge on any atom is -0.324 e. The van der Waals surface area contributed by atoms with Crippen LogP contribution in [0.15, 0.2) is 30.3 Å². The first-order valence-electron chi connectivity index (χ1n) is 5.58. The maximum absolute atomic E-state index is 6.21. The van der Waals surface area contributed by atoms with E-state index in [-0.39, 0.29) is 6.04 Å². The van der Waals surface area contributed by atoms with Gasteiger partial charge in [-0.05, 0) is 12.5 Å². The predicted octanol–water partition coefficient (Wildman–Crippen LogP) is 2.62. The maximum atomic E-state index is 6.21. The molecular formula is C13H16ClN3. The van der Waals surface area contributed by atoms with Crippen molar-refractivity contribution >= 4 is 11.6 Å². The second-order valence-corrected chi connectivity index (χ2v) is 4.57. The molecule has 90 valence electrons. The molecule has 2 aromatic rings. The van der Waals surface area contributed by atoms with Crippen molar-refractivity contribution in [3.05, 3.63) is 52.3 Å². The van der Waals surface area contributed by atoms with Crippen molar-refractivity contribution in [2.45, 2.75) is 19.4 Å². The van der Waals surface area contributed by atoms with Gasteiger partial charge in [-0.2, -0.15) is 5.10 Å².